The minimum absolute atomic E-state index is 0.211. The van der Waals surface area contributed by atoms with E-state index >= 15 is 0 Å². The predicted molar refractivity (Wildman–Crippen MR) is 73.2 cm³/mol. The van der Waals surface area contributed by atoms with Crippen molar-refractivity contribution in [1.29, 1.82) is 0 Å². The van der Waals surface area contributed by atoms with Crippen molar-refractivity contribution in [3.63, 3.8) is 0 Å². The molecule has 0 aliphatic carbocycles. The quantitative estimate of drug-likeness (QED) is 0.631. The van der Waals surface area contributed by atoms with Gasteiger partial charge >= 0.3 is 0 Å². The zero-order valence-electron chi connectivity index (χ0n) is 11.3. The van der Waals surface area contributed by atoms with Crippen molar-refractivity contribution in [2.45, 2.75) is 19.8 Å². The molecule has 20 heavy (non-hydrogen) atoms. The number of aromatic nitrogens is 5. The maximum atomic E-state index is 11.5. The van der Waals surface area contributed by atoms with Crippen molar-refractivity contribution < 1.29 is 4.79 Å². The summed E-state index contributed by atoms with van der Waals surface area (Å²) in [5, 5.41) is 20.2. The first-order chi connectivity index (χ1) is 9.79. The number of aromatic amines is 1. The van der Waals surface area contributed by atoms with Crippen LogP contribution in [0.1, 0.15) is 29.7 Å². The number of amides is 1. The van der Waals surface area contributed by atoms with E-state index in [-0.39, 0.29) is 5.91 Å². The zero-order valence-corrected chi connectivity index (χ0v) is 11.3. The molecule has 0 saturated heterocycles. The van der Waals surface area contributed by atoms with Crippen LogP contribution in [-0.2, 0) is 6.42 Å². The molecule has 0 unspecified atom stereocenters. The highest BCUT2D eigenvalue weighted by Gasteiger charge is 2.06. The fourth-order valence-electron chi connectivity index (χ4n) is 1.62. The molecule has 2 aromatic rings. The summed E-state index contributed by atoms with van der Waals surface area (Å²) in [6.45, 7) is 3.17. The van der Waals surface area contributed by atoms with E-state index in [0.717, 1.165) is 25.2 Å². The Morgan fingerprint density at radius 2 is 2.25 bits per heavy atom. The van der Waals surface area contributed by atoms with Crippen LogP contribution in [0.3, 0.4) is 0 Å². The number of nitrogens with one attached hydrogen (secondary N) is 3. The average Bonchev–Trinajstić information content (AvgIpc) is 2.98. The number of carbonyl (C=O) groups excluding carboxylic acids is 1. The first kappa shape index (κ1) is 13.9. The number of aryl methyl sites for hydroxylation is 1. The lowest BCUT2D eigenvalue weighted by atomic mass is 10.3. The van der Waals surface area contributed by atoms with E-state index in [0.29, 0.717) is 18.1 Å². The van der Waals surface area contributed by atoms with E-state index in [1.807, 2.05) is 6.92 Å². The zero-order chi connectivity index (χ0) is 14.2. The summed E-state index contributed by atoms with van der Waals surface area (Å²) in [4.78, 5) is 15.5. The van der Waals surface area contributed by atoms with E-state index in [4.69, 9.17) is 0 Å². The largest absolute Gasteiger partial charge is 0.369 e. The van der Waals surface area contributed by atoms with Crippen molar-refractivity contribution >= 4 is 11.7 Å². The van der Waals surface area contributed by atoms with Gasteiger partial charge in [-0.25, -0.2) is 4.98 Å². The van der Waals surface area contributed by atoms with E-state index in [1.165, 1.54) is 6.33 Å². The molecule has 8 nitrogen and oxygen atoms in total. The minimum Gasteiger partial charge on any atom is -0.369 e. The third-order valence-electron chi connectivity index (χ3n) is 2.60. The Bertz CT molecular complexity index is 523. The van der Waals surface area contributed by atoms with Crippen LogP contribution in [0, 0.1) is 0 Å². The molecule has 1 amide bonds. The maximum Gasteiger partial charge on any atom is 0.271 e. The molecule has 0 spiro atoms. The van der Waals surface area contributed by atoms with Crippen LogP contribution in [0.2, 0.25) is 0 Å². The first-order valence-corrected chi connectivity index (χ1v) is 6.49. The molecule has 2 heterocycles. The second-order valence-corrected chi connectivity index (χ2v) is 4.13. The maximum absolute atomic E-state index is 11.5. The van der Waals surface area contributed by atoms with Gasteiger partial charge in [0.1, 0.15) is 18.0 Å². The molecule has 3 N–H and O–H groups in total. The minimum atomic E-state index is -0.211. The number of carbonyl (C=O) groups is 1. The summed E-state index contributed by atoms with van der Waals surface area (Å²) in [5.41, 5.74) is 0.319. The van der Waals surface area contributed by atoms with Gasteiger partial charge in [0.05, 0.1) is 0 Å². The standard InChI is InChI=1S/C12H17N7O/c1-2-13-12(20)9-5-6-11(19-17-9)14-7-3-4-10-15-8-16-18-10/h5-6,8H,2-4,7H2,1H3,(H,13,20)(H,14,19)(H,15,16,18). The summed E-state index contributed by atoms with van der Waals surface area (Å²) < 4.78 is 0. The molecule has 2 rings (SSSR count). The van der Waals surface area contributed by atoms with Gasteiger partial charge in [0.2, 0.25) is 0 Å². The van der Waals surface area contributed by atoms with Crippen LogP contribution in [0.15, 0.2) is 18.5 Å². The molecule has 0 atom stereocenters. The highest BCUT2D eigenvalue weighted by Crippen LogP contribution is 2.03. The molecule has 0 radical (unpaired) electrons. The number of H-pyrrole nitrogens is 1. The predicted octanol–water partition coefficient (Wildman–Crippen LogP) is 0.389. The van der Waals surface area contributed by atoms with Gasteiger partial charge in [-0.3, -0.25) is 9.89 Å². The van der Waals surface area contributed by atoms with Gasteiger partial charge < -0.3 is 10.6 Å². The Kier molecular flexibility index (Phi) is 4.99. The summed E-state index contributed by atoms with van der Waals surface area (Å²) in [6, 6.07) is 3.39. The monoisotopic (exact) mass is 275 g/mol. The topological polar surface area (TPSA) is 108 Å². The Morgan fingerprint density at radius 3 is 2.90 bits per heavy atom. The van der Waals surface area contributed by atoms with Crippen LogP contribution in [-0.4, -0.2) is 44.4 Å². The van der Waals surface area contributed by atoms with E-state index in [9.17, 15) is 4.79 Å². The average molecular weight is 275 g/mol. The summed E-state index contributed by atoms with van der Waals surface area (Å²) in [7, 11) is 0. The third kappa shape index (κ3) is 4.01. The van der Waals surface area contributed by atoms with Crippen molar-refractivity contribution in [3.05, 3.63) is 30.0 Å². The van der Waals surface area contributed by atoms with Crippen molar-refractivity contribution in [2.24, 2.45) is 0 Å². The Morgan fingerprint density at radius 1 is 1.35 bits per heavy atom. The van der Waals surface area contributed by atoms with E-state index in [2.05, 4.69) is 36.0 Å². The Hall–Kier alpha value is -2.51. The van der Waals surface area contributed by atoms with Crippen LogP contribution in [0.5, 0.6) is 0 Å². The van der Waals surface area contributed by atoms with Gasteiger partial charge in [0.15, 0.2) is 5.69 Å². The summed E-state index contributed by atoms with van der Waals surface area (Å²) >= 11 is 0. The Labute approximate surface area is 116 Å². The molecule has 0 fully saturated rings. The number of hydrogen-bond acceptors (Lipinski definition) is 6. The lowest BCUT2D eigenvalue weighted by molar-refractivity contribution is 0.0950. The molecule has 0 bridgehead atoms. The van der Waals surface area contributed by atoms with Crippen LogP contribution in [0.4, 0.5) is 5.82 Å². The van der Waals surface area contributed by atoms with Crippen molar-refractivity contribution in [2.75, 3.05) is 18.4 Å². The second kappa shape index (κ2) is 7.17. The number of rotatable bonds is 7. The van der Waals surface area contributed by atoms with Crippen molar-refractivity contribution in [1.82, 2.24) is 30.7 Å². The lowest BCUT2D eigenvalue weighted by Crippen LogP contribution is -2.24. The molecule has 0 aliphatic rings. The SMILES string of the molecule is CCNC(=O)c1ccc(NCCCc2ncn[nH]2)nn1. The van der Waals surface area contributed by atoms with Gasteiger partial charge in [-0.15, -0.1) is 10.2 Å². The van der Waals surface area contributed by atoms with Gasteiger partial charge in [-0.05, 0) is 25.5 Å². The number of anilines is 1. The highest BCUT2D eigenvalue weighted by atomic mass is 16.1. The normalized spacial score (nSPS) is 10.2. The van der Waals surface area contributed by atoms with Gasteiger partial charge in [0.25, 0.3) is 5.91 Å². The van der Waals surface area contributed by atoms with Crippen LogP contribution in [0.25, 0.3) is 0 Å². The molecule has 106 valence electrons. The highest BCUT2D eigenvalue weighted by molar-refractivity contribution is 5.92. The first-order valence-electron chi connectivity index (χ1n) is 6.49. The van der Waals surface area contributed by atoms with Crippen LogP contribution < -0.4 is 10.6 Å². The molecule has 0 aliphatic heterocycles. The van der Waals surface area contributed by atoms with Gasteiger partial charge in [-0.2, -0.15) is 5.10 Å². The third-order valence-corrected chi connectivity index (χ3v) is 2.60. The van der Waals surface area contributed by atoms with Crippen molar-refractivity contribution in [3.8, 4) is 0 Å². The fourth-order valence-corrected chi connectivity index (χ4v) is 1.62. The molecule has 2 aromatic heterocycles. The van der Waals surface area contributed by atoms with Gasteiger partial charge in [-0.1, -0.05) is 0 Å². The second-order valence-electron chi connectivity index (χ2n) is 4.13. The van der Waals surface area contributed by atoms with Crippen LogP contribution >= 0.6 is 0 Å². The smallest absolute Gasteiger partial charge is 0.271 e. The number of hydrogen-bond donors (Lipinski definition) is 3. The molecule has 0 aromatic carbocycles. The Balaban J connectivity index is 1.74. The van der Waals surface area contributed by atoms with Gasteiger partial charge in [0, 0.05) is 19.5 Å². The lowest BCUT2D eigenvalue weighted by Gasteiger charge is -2.05. The fraction of sp³-hybridized carbons (Fsp3) is 0.417. The number of nitrogens with zero attached hydrogens (tertiary/aromatic N) is 4. The van der Waals surface area contributed by atoms with E-state index in [1.54, 1.807) is 12.1 Å². The molecule has 0 saturated carbocycles. The summed E-state index contributed by atoms with van der Waals surface area (Å²) in [6.07, 6.45) is 3.21. The molecule has 8 heteroatoms. The molecular weight excluding hydrogens is 258 g/mol. The van der Waals surface area contributed by atoms with E-state index < -0.39 is 0 Å². The molecular formula is C12H17N7O. The summed E-state index contributed by atoms with van der Waals surface area (Å²) in [5.74, 6) is 1.30.